The van der Waals surface area contributed by atoms with Gasteiger partial charge >= 0.3 is 12.1 Å². The van der Waals surface area contributed by atoms with Gasteiger partial charge in [-0.1, -0.05) is 115 Å². The molecule has 0 bridgehead atoms. The zero-order valence-electron chi connectivity index (χ0n) is 30.0. The van der Waals surface area contributed by atoms with Crippen LogP contribution in [0.3, 0.4) is 0 Å². The minimum Gasteiger partial charge on any atom is -0.457 e. The second-order valence-electron chi connectivity index (χ2n) is 12.4. The first kappa shape index (κ1) is 40.3. The fourth-order valence-corrected chi connectivity index (χ4v) is 6.45. The summed E-state index contributed by atoms with van der Waals surface area (Å²) in [5.74, 6) is -0.723. The highest BCUT2D eigenvalue weighted by atomic mass is 32.2. The number of benzene rings is 4. The van der Waals surface area contributed by atoms with Gasteiger partial charge in [-0.2, -0.15) is 8.42 Å². The number of amides is 1. The number of carbonyl (C=O) groups is 2. The van der Waals surface area contributed by atoms with Crippen molar-refractivity contribution in [3.05, 3.63) is 150 Å². The second kappa shape index (κ2) is 20.5. The molecule has 0 radical (unpaired) electrons. The van der Waals surface area contributed by atoms with Crippen LogP contribution in [0.5, 0.6) is 0 Å². The summed E-state index contributed by atoms with van der Waals surface area (Å²) < 4.78 is 68.6. The summed E-state index contributed by atoms with van der Waals surface area (Å²) in [7, 11) is -4.26. The van der Waals surface area contributed by atoms with E-state index in [0.29, 0.717) is 0 Å². The molecule has 13 heteroatoms. The molecular formula is C41H45NO11S. The van der Waals surface area contributed by atoms with E-state index >= 15 is 0 Å². The molecule has 1 amide bonds. The van der Waals surface area contributed by atoms with Crippen molar-refractivity contribution < 1.29 is 50.6 Å². The smallest absolute Gasteiger partial charge is 0.407 e. The Bertz CT molecular complexity index is 1860. The van der Waals surface area contributed by atoms with E-state index in [1.807, 2.05) is 97.9 Å². The molecule has 286 valence electrons. The normalized spacial score (nSPS) is 19.8. The van der Waals surface area contributed by atoms with Crippen LogP contribution in [0.1, 0.15) is 28.7 Å². The van der Waals surface area contributed by atoms with Crippen LogP contribution < -0.4 is 5.32 Å². The van der Waals surface area contributed by atoms with Gasteiger partial charge in [0.05, 0.1) is 37.7 Å². The topological polar surface area (TPSA) is 145 Å². The molecule has 12 nitrogen and oxygen atoms in total. The molecule has 0 aliphatic carbocycles. The molecule has 5 atom stereocenters. The van der Waals surface area contributed by atoms with Crippen molar-refractivity contribution in [3.8, 4) is 0 Å². The fraction of sp³-hybridized carbons (Fsp3) is 0.317. The Labute approximate surface area is 316 Å². The maximum atomic E-state index is 13.5. The average molecular weight is 760 g/mol. The molecule has 1 saturated heterocycles. The molecule has 1 fully saturated rings. The summed E-state index contributed by atoms with van der Waals surface area (Å²) in [5, 5.41) is 2.55. The van der Waals surface area contributed by atoms with Crippen LogP contribution in [-0.2, 0) is 67.3 Å². The Morgan fingerprint density at radius 3 is 1.87 bits per heavy atom. The Hall–Kier alpha value is -4.89. The van der Waals surface area contributed by atoms with Crippen LogP contribution >= 0.6 is 0 Å². The van der Waals surface area contributed by atoms with E-state index in [4.69, 9.17) is 32.6 Å². The Morgan fingerprint density at radius 1 is 0.741 bits per heavy atom. The van der Waals surface area contributed by atoms with Gasteiger partial charge in [-0.3, -0.25) is 8.98 Å². The quantitative estimate of drug-likeness (QED) is 0.0680. The maximum absolute atomic E-state index is 13.5. The first-order valence-corrected chi connectivity index (χ1v) is 18.9. The molecule has 1 unspecified atom stereocenters. The van der Waals surface area contributed by atoms with E-state index in [1.165, 1.54) is 18.2 Å². The molecule has 1 aliphatic heterocycles. The van der Waals surface area contributed by atoms with Crippen LogP contribution in [0.15, 0.2) is 133 Å². The van der Waals surface area contributed by atoms with Crippen molar-refractivity contribution in [2.24, 2.45) is 0 Å². The summed E-state index contributed by atoms with van der Waals surface area (Å²) >= 11 is 0. The number of hydrogen-bond acceptors (Lipinski definition) is 11. The maximum Gasteiger partial charge on any atom is 0.407 e. The highest BCUT2D eigenvalue weighted by Gasteiger charge is 2.50. The second-order valence-corrected chi connectivity index (χ2v) is 14.0. The van der Waals surface area contributed by atoms with Crippen molar-refractivity contribution in [3.63, 3.8) is 0 Å². The SMILES string of the molecule is C=CCOC1O[C@H](COS(=O)(=O)c2ccc(C)cc2)[C@@H](OC(=O)CCNC(=O)OCc2ccccc2)[C@H](OCc2ccccc2)[C@H]1OCc1ccccc1. The fourth-order valence-electron chi connectivity index (χ4n) is 5.53. The number of nitrogens with one attached hydrogen (secondary N) is 1. The van der Waals surface area contributed by atoms with Gasteiger partial charge < -0.3 is 33.7 Å². The summed E-state index contributed by atoms with van der Waals surface area (Å²) in [6.45, 7) is 5.27. The van der Waals surface area contributed by atoms with E-state index in [9.17, 15) is 18.0 Å². The number of alkyl carbamates (subject to hydrolysis) is 1. The molecule has 5 rings (SSSR count). The van der Waals surface area contributed by atoms with Crippen molar-refractivity contribution in [2.45, 2.75) is 68.8 Å². The Morgan fingerprint density at radius 2 is 1.30 bits per heavy atom. The summed E-state index contributed by atoms with van der Waals surface area (Å²) in [4.78, 5) is 25.8. The van der Waals surface area contributed by atoms with E-state index in [2.05, 4.69) is 11.9 Å². The number of rotatable bonds is 19. The molecule has 1 N–H and O–H groups in total. The van der Waals surface area contributed by atoms with Crippen molar-refractivity contribution >= 4 is 22.2 Å². The van der Waals surface area contributed by atoms with Crippen molar-refractivity contribution in [2.75, 3.05) is 19.8 Å². The van der Waals surface area contributed by atoms with Gasteiger partial charge in [-0.05, 0) is 35.7 Å². The lowest BCUT2D eigenvalue weighted by atomic mass is 9.98. The van der Waals surface area contributed by atoms with Gasteiger partial charge in [0, 0.05) is 6.54 Å². The summed E-state index contributed by atoms with van der Waals surface area (Å²) in [5.41, 5.74) is 3.36. The van der Waals surface area contributed by atoms with Crippen LogP contribution in [-0.4, -0.2) is 70.9 Å². The summed E-state index contributed by atoms with van der Waals surface area (Å²) in [6, 6.07) is 34.2. The molecule has 1 aliphatic rings. The first-order valence-electron chi connectivity index (χ1n) is 17.5. The van der Waals surface area contributed by atoms with Crippen LogP contribution in [0.2, 0.25) is 0 Å². The molecule has 0 spiro atoms. The van der Waals surface area contributed by atoms with Crippen molar-refractivity contribution in [1.82, 2.24) is 5.32 Å². The molecule has 1 heterocycles. The number of hydrogen-bond donors (Lipinski definition) is 1. The van der Waals surface area contributed by atoms with Gasteiger partial charge in [0.15, 0.2) is 12.4 Å². The standard InChI is InChI=1S/C41H45NO11S/c1-3-25-47-40-39(49-27-32-15-9-5-10-16-32)38(48-26-31-13-7-4-8-14-31)37(35(52-40)29-51-54(45,46)34-21-19-30(2)20-22-34)53-36(43)23-24-42-41(44)50-28-33-17-11-6-12-18-33/h3-22,35,37-40H,1,23-29H2,2H3,(H,42,44)/t35-,37-,38+,39-,40?/m1/s1. The Balaban J connectivity index is 1.37. The van der Waals surface area contributed by atoms with E-state index < -0.39 is 59.5 Å². The van der Waals surface area contributed by atoms with Gasteiger partial charge in [0.1, 0.15) is 24.9 Å². The third kappa shape index (κ3) is 12.3. The monoisotopic (exact) mass is 759 g/mol. The minimum absolute atomic E-state index is 0.0527. The van der Waals surface area contributed by atoms with Crippen LogP contribution in [0, 0.1) is 6.92 Å². The lowest BCUT2D eigenvalue weighted by Crippen LogP contribution is -2.62. The molecule has 0 aromatic heterocycles. The summed E-state index contributed by atoms with van der Waals surface area (Å²) in [6.07, 6.45) is -4.99. The predicted octanol–water partition coefficient (Wildman–Crippen LogP) is 6.03. The first-order chi connectivity index (χ1) is 26.2. The number of ether oxygens (including phenoxy) is 6. The average Bonchev–Trinajstić information content (AvgIpc) is 3.19. The van der Waals surface area contributed by atoms with Gasteiger partial charge in [0.2, 0.25) is 0 Å². The zero-order valence-corrected chi connectivity index (χ0v) is 30.8. The number of aryl methyl sites for hydroxylation is 1. The van der Waals surface area contributed by atoms with Gasteiger partial charge in [0.25, 0.3) is 10.1 Å². The third-order valence-electron chi connectivity index (χ3n) is 8.32. The van der Waals surface area contributed by atoms with E-state index in [-0.39, 0.29) is 44.3 Å². The highest BCUT2D eigenvalue weighted by Crippen LogP contribution is 2.32. The lowest BCUT2D eigenvalue weighted by Gasteiger charge is -2.45. The van der Waals surface area contributed by atoms with Crippen LogP contribution in [0.4, 0.5) is 4.79 Å². The van der Waals surface area contributed by atoms with E-state index in [1.54, 1.807) is 12.1 Å². The number of esters is 1. The minimum atomic E-state index is -4.26. The molecular weight excluding hydrogens is 715 g/mol. The van der Waals surface area contributed by atoms with Gasteiger partial charge in [-0.15, -0.1) is 6.58 Å². The predicted molar refractivity (Wildman–Crippen MR) is 198 cm³/mol. The third-order valence-corrected chi connectivity index (χ3v) is 9.61. The zero-order chi connectivity index (χ0) is 38.2. The number of carbonyl (C=O) groups excluding carboxylic acids is 2. The molecule has 4 aromatic rings. The van der Waals surface area contributed by atoms with Gasteiger partial charge in [-0.25, -0.2) is 4.79 Å². The Kier molecular flexibility index (Phi) is 15.3. The molecule has 4 aromatic carbocycles. The molecule has 54 heavy (non-hydrogen) atoms. The molecule has 0 saturated carbocycles. The van der Waals surface area contributed by atoms with Crippen LogP contribution in [0.25, 0.3) is 0 Å². The van der Waals surface area contributed by atoms with E-state index in [0.717, 1.165) is 22.3 Å². The lowest BCUT2D eigenvalue weighted by molar-refractivity contribution is -0.318. The van der Waals surface area contributed by atoms with Crippen molar-refractivity contribution in [1.29, 1.82) is 0 Å². The largest absolute Gasteiger partial charge is 0.457 e. The highest BCUT2D eigenvalue weighted by molar-refractivity contribution is 7.86.